The summed E-state index contributed by atoms with van der Waals surface area (Å²) < 4.78 is 0. The molecule has 8 N–H and O–H groups in total. The third-order valence-corrected chi connectivity index (χ3v) is 4.69. The second-order valence-electron chi connectivity index (χ2n) is 7.24. The van der Waals surface area contributed by atoms with Gasteiger partial charge in [-0.2, -0.15) is 0 Å². The highest BCUT2D eigenvalue weighted by Crippen LogP contribution is 2.18. The van der Waals surface area contributed by atoms with E-state index in [9.17, 15) is 24.3 Å². The Morgan fingerprint density at radius 1 is 1.10 bits per heavy atom. The van der Waals surface area contributed by atoms with E-state index in [0.717, 1.165) is 16.5 Å². The minimum absolute atomic E-state index is 0.208. The summed E-state index contributed by atoms with van der Waals surface area (Å²) in [6, 6.07) is 4.09. The number of aromatic nitrogens is 1. The summed E-state index contributed by atoms with van der Waals surface area (Å²) in [6.07, 6.45) is 0.706. The smallest absolute Gasteiger partial charge is 0.325 e. The molecule has 1 heterocycles. The number of aliphatic hydroxyl groups is 1. The van der Waals surface area contributed by atoms with E-state index in [1.54, 1.807) is 6.20 Å². The van der Waals surface area contributed by atoms with Crippen LogP contribution in [-0.4, -0.2) is 69.7 Å². The van der Waals surface area contributed by atoms with Crippen LogP contribution in [0, 0.1) is 0 Å². The standard InChI is InChI=1S/C20H27N5O6/c1-10(20(30)31)24-16(27)9-23-19(29)17(11(2)26)25-18(28)14(21)7-12-8-22-15-6-4-3-5-13(12)15/h3-6,8,10-11,14,17,22,26H,7,9,21H2,1-2H3,(H,23,29)(H,24,27)(H,25,28)(H,30,31). The van der Waals surface area contributed by atoms with Gasteiger partial charge >= 0.3 is 5.97 Å². The second kappa shape index (κ2) is 10.5. The number of hydrogen-bond acceptors (Lipinski definition) is 6. The van der Waals surface area contributed by atoms with Crippen molar-refractivity contribution in [1.29, 1.82) is 0 Å². The molecule has 1 aromatic carbocycles. The van der Waals surface area contributed by atoms with Gasteiger partial charge in [0.05, 0.1) is 18.7 Å². The summed E-state index contributed by atoms with van der Waals surface area (Å²) in [5, 5.41) is 26.4. The van der Waals surface area contributed by atoms with Crippen LogP contribution in [0.1, 0.15) is 19.4 Å². The lowest BCUT2D eigenvalue weighted by atomic mass is 10.0. The monoisotopic (exact) mass is 433 g/mol. The van der Waals surface area contributed by atoms with Gasteiger partial charge in [-0.1, -0.05) is 18.2 Å². The first-order valence-electron chi connectivity index (χ1n) is 9.69. The largest absolute Gasteiger partial charge is 0.480 e. The number of para-hydroxylation sites is 1. The first-order valence-corrected chi connectivity index (χ1v) is 9.69. The van der Waals surface area contributed by atoms with Gasteiger partial charge in [0.15, 0.2) is 0 Å². The topological polar surface area (TPSA) is 187 Å². The number of aliphatic carboxylic acids is 1. The Hall–Kier alpha value is -3.44. The molecule has 11 nitrogen and oxygen atoms in total. The van der Waals surface area contributed by atoms with Crippen molar-refractivity contribution in [3.8, 4) is 0 Å². The first kappa shape index (κ1) is 23.8. The molecule has 4 atom stereocenters. The summed E-state index contributed by atoms with van der Waals surface area (Å²) in [7, 11) is 0. The Morgan fingerprint density at radius 3 is 2.42 bits per heavy atom. The first-order chi connectivity index (χ1) is 14.6. The fourth-order valence-corrected chi connectivity index (χ4v) is 2.93. The van der Waals surface area contributed by atoms with Crippen LogP contribution in [0.3, 0.4) is 0 Å². The lowest BCUT2D eigenvalue weighted by molar-refractivity contribution is -0.141. The van der Waals surface area contributed by atoms with Crippen LogP contribution < -0.4 is 21.7 Å². The molecule has 0 aliphatic heterocycles. The van der Waals surface area contributed by atoms with Crippen molar-refractivity contribution >= 4 is 34.6 Å². The molecule has 168 valence electrons. The number of benzene rings is 1. The van der Waals surface area contributed by atoms with Crippen molar-refractivity contribution < 1.29 is 29.4 Å². The molecular formula is C20H27N5O6. The van der Waals surface area contributed by atoms with Crippen molar-refractivity contribution in [1.82, 2.24) is 20.9 Å². The van der Waals surface area contributed by atoms with Crippen molar-refractivity contribution in [3.05, 3.63) is 36.0 Å². The Morgan fingerprint density at radius 2 is 1.77 bits per heavy atom. The second-order valence-corrected chi connectivity index (χ2v) is 7.24. The third-order valence-electron chi connectivity index (χ3n) is 4.69. The molecule has 1 aromatic heterocycles. The van der Waals surface area contributed by atoms with E-state index in [1.165, 1.54) is 13.8 Å². The van der Waals surface area contributed by atoms with Crippen molar-refractivity contribution in [2.24, 2.45) is 5.73 Å². The van der Waals surface area contributed by atoms with E-state index in [1.807, 2.05) is 24.3 Å². The molecule has 0 spiro atoms. The molecule has 0 radical (unpaired) electrons. The van der Waals surface area contributed by atoms with E-state index in [0.29, 0.717) is 0 Å². The number of carboxylic acid groups (broad SMARTS) is 1. The molecule has 2 rings (SSSR count). The molecule has 0 saturated carbocycles. The zero-order chi connectivity index (χ0) is 23.1. The molecule has 0 aliphatic carbocycles. The van der Waals surface area contributed by atoms with Crippen LogP contribution in [0.15, 0.2) is 30.5 Å². The van der Waals surface area contributed by atoms with Gasteiger partial charge in [-0.15, -0.1) is 0 Å². The number of hydrogen-bond donors (Lipinski definition) is 7. The molecule has 0 bridgehead atoms. The number of nitrogens with two attached hydrogens (primary N) is 1. The number of nitrogens with one attached hydrogen (secondary N) is 4. The molecule has 3 amide bonds. The van der Waals surface area contributed by atoms with E-state index in [2.05, 4.69) is 20.9 Å². The van der Waals surface area contributed by atoms with Crippen LogP contribution >= 0.6 is 0 Å². The number of carbonyl (C=O) groups is 4. The maximum atomic E-state index is 12.5. The van der Waals surface area contributed by atoms with Crippen molar-refractivity contribution in [3.63, 3.8) is 0 Å². The minimum Gasteiger partial charge on any atom is -0.480 e. The maximum absolute atomic E-state index is 12.5. The van der Waals surface area contributed by atoms with Crippen LogP contribution in [0.25, 0.3) is 10.9 Å². The normalized spacial score (nSPS) is 14.8. The predicted molar refractivity (Wildman–Crippen MR) is 112 cm³/mol. The van der Waals surface area contributed by atoms with Gasteiger partial charge in [0.25, 0.3) is 0 Å². The molecule has 2 aromatic rings. The number of aromatic amines is 1. The van der Waals surface area contributed by atoms with Gasteiger partial charge < -0.3 is 36.9 Å². The fraction of sp³-hybridized carbons (Fsp3) is 0.400. The number of carbonyl (C=O) groups excluding carboxylic acids is 3. The highest BCUT2D eigenvalue weighted by Gasteiger charge is 2.28. The van der Waals surface area contributed by atoms with Gasteiger partial charge in [-0.05, 0) is 31.9 Å². The SMILES string of the molecule is CC(NC(=O)CNC(=O)C(NC(=O)C(N)Cc1c[nH]c2ccccc12)C(C)O)C(=O)O. The predicted octanol–water partition coefficient (Wildman–Crippen LogP) is -1.39. The zero-order valence-corrected chi connectivity index (χ0v) is 17.2. The molecule has 0 fully saturated rings. The summed E-state index contributed by atoms with van der Waals surface area (Å²) >= 11 is 0. The van der Waals surface area contributed by atoms with E-state index < -0.39 is 54.5 Å². The zero-order valence-electron chi connectivity index (χ0n) is 17.2. The highest BCUT2D eigenvalue weighted by molar-refractivity contribution is 5.93. The molecule has 11 heteroatoms. The van der Waals surface area contributed by atoms with E-state index in [-0.39, 0.29) is 6.42 Å². The minimum atomic E-state index is -1.34. The van der Waals surface area contributed by atoms with Gasteiger partial charge in [-0.3, -0.25) is 19.2 Å². The molecule has 0 aliphatic rings. The van der Waals surface area contributed by atoms with Crippen LogP contribution in [0.2, 0.25) is 0 Å². The molecule has 4 unspecified atom stereocenters. The Balaban J connectivity index is 1.93. The number of aliphatic hydroxyl groups excluding tert-OH is 1. The quantitative estimate of drug-likeness (QED) is 0.240. The lowest BCUT2D eigenvalue weighted by Gasteiger charge is -2.22. The Bertz CT molecular complexity index is 956. The number of rotatable bonds is 10. The molecule has 0 saturated heterocycles. The maximum Gasteiger partial charge on any atom is 0.325 e. The van der Waals surface area contributed by atoms with Crippen LogP contribution in [0.4, 0.5) is 0 Å². The van der Waals surface area contributed by atoms with E-state index in [4.69, 9.17) is 10.8 Å². The highest BCUT2D eigenvalue weighted by atomic mass is 16.4. The average molecular weight is 433 g/mol. The van der Waals surface area contributed by atoms with Crippen LogP contribution in [0.5, 0.6) is 0 Å². The van der Waals surface area contributed by atoms with Gasteiger partial charge in [0.1, 0.15) is 12.1 Å². The van der Waals surface area contributed by atoms with E-state index >= 15 is 0 Å². The summed E-state index contributed by atoms with van der Waals surface area (Å²) in [6.45, 7) is 2.06. The van der Waals surface area contributed by atoms with Gasteiger partial charge in [0.2, 0.25) is 17.7 Å². The summed E-state index contributed by atoms with van der Waals surface area (Å²) in [5.74, 6) is -3.40. The fourth-order valence-electron chi connectivity index (χ4n) is 2.93. The number of carboxylic acids is 1. The number of fused-ring (bicyclic) bond motifs is 1. The van der Waals surface area contributed by atoms with Crippen molar-refractivity contribution in [2.75, 3.05) is 6.54 Å². The van der Waals surface area contributed by atoms with Gasteiger partial charge in [-0.25, -0.2) is 0 Å². The van der Waals surface area contributed by atoms with Gasteiger partial charge in [0, 0.05) is 17.1 Å². The Labute approximate surface area is 178 Å². The number of amides is 3. The lowest BCUT2D eigenvalue weighted by Crippen LogP contribution is -2.57. The third kappa shape index (κ3) is 6.52. The molecule has 31 heavy (non-hydrogen) atoms. The molecular weight excluding hydrogens is 406 g/mol. The average Bonchev–Trinajstić information content (AvgIpc) is 3.12. The summed E-state index contributed by atoms with van der Waals surface area (Å²) in [4.78, 5) is 50.4. The van der Waals surface area contributed by atoms with Crippen LogP contribution in [-0.2, 0) is 25.6 Å². The summed E-state index contributed by atoms with van der Waals surface area (Å²) in [5.41, 5.74) is 7.73. The Kier molecular flexibility index (Phi) is 8.11. The number of H-pyrrole nitrogens is 1. The van der Waals surface area contributed by atoms with Crippen molar-refractivity contribution in [2.45, 2.75) is 44.5 Å².